The molecule has 1 aromatic heterocycles. The molecule has 0 fully saturated rings. The van der Waals surface area contributed by atoms with Crippen LogP contribution in [0.2, 0.25) is 0 Å². The number of anilines is 2. The van der Waals surface area contributed by atoms with Gasteiger partial charge in [-0.05, 0) is 48.0 Å². The summed E-state index contributed by atoms with van der Waals surface area (Å²) < 4.78 is 15.5. The molecule has 0 spiro atoms. The van der Waals surface area contributed by atoms with Gasteiger partial charge in [-0.1, -0.05) is 6.07 Å². The third-order valence-electron chi connectivity index (χ3n) is 3.86. The van der Waals surface area contributed by atoms with Crippen molar-refractivity contribution in [1.29, 1.82) is 0 Å². The highest BCUT2D eigenvalue weighted by Crippen LogP contribution is 2.33. The average molecular weight is 364 g/mol. The van der Waals surface area contributed by atoms with Crippen molar-refractivity contribution in [2.24, 2.45) is 5.73 Å². The summed E-state index contributed by atoms with van der Waals surface area (Å²) in [6.07, 6.45) is 1.48. The van der Waals surface area contributed by atoms with Gasteiger partial charge in [0.05, 0.1) is 5.69 Å². The van der Waals surface area contributed by atoms with E-state index in [9.17, 15) is 4.79 Å². The number of hydrogen-bond donors (Lipinski definition) is 2. The quantitative estimate of drug-likeness (QED) is 0.716. The molecule has 0 bridgehead atoms. The first-order chi connectivity index (χ1) is 13.2. The molecule has 27 heavy (non-hydrogen) atoms. The maximum Gasteiger partial charge on any atom is 0.409 e. The first-order valence-electron chi connectivity index (χ1n) is 8.20. The second kappa shape index (κ2) is 7.20. The molecule has 8 nitrogen and oxygen atoms in total. The molecule has 8 heteroatoms. The highest BCUT2D eigenvalue weighted by atomic mass is 16.7. The Morgan fingerprint density at radius 3 is 2.74 bits per heavy atom. The van der Waals surface area contributed by atoms with Crippen molar-refractivity contribution in [3.05, 3.63) is 66.0 Å². The van der Waals surface area contributed by atoms with E-state index in [0.717, 1.165) is 28.4 Å². The van der Waals surface area contributed by atoms with E-state index in [0.29, 0.717) is 18.1 Å². The molecule has 0 radical (unpaired) electrons. The van der Waals surface area contributed by atoms with Gasteiger partial charge in [-0.25, -0.2) is 14.8 Å². The maximum absolute atomic E-state index is 10.7. The maximum atomic E-state index is 10.7. The lowest BCUT2D eigenvalue weighted by Gasteiger charge is -2.08. The van der Waals surface area contributed by atoms with E-state index in [2.05, 4.69) is 15.3 Å². The first-order valence-corrected chi connectivity index (χ1v) is 8.20. The number of carbonyl (C=O) groups is 1. The number of amides is 1. The van der Waals surface area contributed by atoms with Crippen LogP contribution < -0.4 is 25.3 Å². The minimum Gasteiger partial charge on any atom is -0.454 e. The van der Waals surface area contributed by atoms with Crippen LogP contribution in [0.25, 0.3) is 0 Å². The molecular weight excluding hydrogens is 348 g/mol. The van der Waals surface area contributed by atoms with E-state index in [4.69, 9.17) is 19.9 Å². The van der Waals surface area contributed by atoms with Gasteiger partial charge in [0.15, 0.2) is 11.5 Å². The number of ether oxygens (including phenoxy) is 3. The number of nitrogens with two attached hydrogens (primary N) is 1. The molecular formula is C19H16N4O4. The van der Waals surface area contributed by atoms with E-state index in [1.165, 1.54) is 0 Å². The Morgan fingerprint density at radius 1 is 1.11 bits per heavy atom. The zero-order chi connectivity index (χ0) is 18.6. The minimum atomic E-state index is -0.852. The molecule has 1 amide bonds. The molecule has 4 rings (SSSR count). The van der Waals surface area contributed by atoms with E-state index in [1.807, 2.05) is 24.3 Å². The molecule has 2 aromatic carbocycles. The molecule has 2 heterocycles. The van der Waals surface area contributed by atoms with Gasteiger partial charge in [-0.15, -0.1) is 0 Å². The van der Waals surface area contributed by atoms with Gasteiger partial charge in [0, 0.05) is 18.3 Å². The Balaban J connectivity index is 1.45. The predicted molar refractivity (Wildman–Crippen MR) is 97.3 cm³/mol. The normalized spacial score (nSPS) is 11.9. The van der Waals surface area contributed by atoms with Crippen molar-refractivity contribution >= 4 is 17.7 Å². The summed E-state index contributed by atoms with van der Waals surface area (Å²) in [5.74, 6) is 2.34. The monoisotopic (exact) mass is 364 g/mol. The molecule has 0 atom stereocenters. The highest BCUT2D eigenvalue weighted by Gasteiger charge is 2.13. The van der Waals surface area contributed by atoms with Crippen molar-refractivity contribution in [3.63, 3.8) is 0 Å². The minimum absolute atomic E-state index is 0.254. The topological polar surface area (TPSA) is 109 Å². The fourth-order valence-electron chi connectivity index (χ4n) is 2.67. The van der Waals surface area contributed by atoms with Crippen LogP contribution >= 0.6 is 0 Å². The number of aromatic nitrogens is 2. The Kier molecular flexibility index (Phi) is 4.44. The first kappa shape index (κ1) is 16.6. The van der Waals surface area contributed by atoms with Gasteiger partial charge in [0.25, 0.3) is 0 Å². The number of carbonyl (C=O) groups excluding carboxylic acids is 1. The van der Waals surface area contributed by atoms with Gasteiger partial charge in [-0.3, -0.25) is 0 Å². The van der Waals surface area contributed by atoms with Crippen LogP contribution in [0.3, 0.4) is 0 Å². The molecule has 0 unspecified atom stereocenters. The molecule has 1 aliphatic heterocycles. The zero-order valence-electron chi connectivity index (χ0n) is 14.2. The summed E-state index contributed by atoms with van der Waals surface area (Å²) in [6.45, 7) is 0.254. The van der Waals surface area contributed by atoms with Crippen LogP contribution in [0.4, 0.5) is 16.4 Å². The largest absolute Gasteiger partial charge is 0.454 e. The smallest absolute Gasteiger partial charge is 0.409 e. The SMILES string of the molecule is NC(=O)Oc1ccc(Nc2nccc(Cc3ccc4c(c3)OCO4)n2)cc1. The summed E-state index contributed by atoms with van der Waals surface area (Å²) >= 11 is 0. The lowest BCUT2D eigenvalue weighted by atomic mass is 10.1. The highest BCUT2D eigenvalue weighted by molar-refractivity contribution is 5.68. The molecule has 3 aromatic rings. The Hall–Kier alpha value is -3.81. The number of rotatable bonds is 5. The fourth-order valence-corrected chi connectivity index (χ4v) is 2.67. The second-order valence-electron chi connectivity index (χ2n) is 5.81. The fraction of sp³-hybridized carbons (Fsp3) is 0.105. The van der Waals surface area contributed by atoms with Crippen LogP contribution in [0.15, 0.2) is 54.7 Å². The van der Waals surface area contributed by atoms with Gasteiger partial charge < -0.3 is 25.3 Å². The van der Waals surface area contributed by atoms with Crippen LogP contribution in [-0.2, 0) is 6.42 Å². The van der Waals surface area contributed by atoms with Crippen molar-refractivity contribution in [2.75, 3.05) is 12.1 Å². The van der Waals surface area contributed by atoms with E-state index < -0.39 is 6.09 Å². The van der Waals surface area contributed by atoms with E-state index in [1.54, 1.807) is 30.5 Å². The standard InChI is InChI=1S/C19H16N4O4/c20-18(24)27-15-4-2-13(3-5-15)22-19-21-8-7-14(23-19)9-12-1-6-16-17(10-12)26-11-25-16/h1-8,10H,9,11H2,(H2,20,24)(H,21,22,23). The summed E-state index contributed by atoms with van der Waals surface area (Å²) in [6, 6.07) is 14.4. The number of nitrogens with zero attached hydrogens (tertiary/aromatic N) is 2. The van der Waals surface area contributed by atoms with Gasteiger partial charge in [-0.2, -0.15) is 0 Å². The second-order valence-corrected chi connectivity index (χ2v) is 5.81. The summed E-state index contributed by atoms with van der Waals surface area (Å²) in [7, 11) is 0. The Bertz CT molecular complexity index is 976. The summed E-state index contributed by atoms with van der Waals surface area (Å²) in [5.41, 5.74) is 7.67. The molecule has 0 aliphatic carbocycles. The lowest BCUT2D eigenvalue weighted by molar-refractivity contribution is 0.174. The van der Waals surface area contributed by atoms with Crippen molar-refractivity contribution < 1.29 is 19.0 Å². The molecule has 1 aliphatic rings. The van der Waals surface area contributed by atoms with Crippen molar-refractivity contribution in [1.82, 2.24) is 9.97 Å². The van der Waals surface area contributed by atoms with Gasteiger partial charge >= 0.3 is 6.09 Å². The Morgan fingerprint density at radius 2 is 1.93 bits per heavy atom. The van der Waals surface area contributed by atoms with Crippen LogP contribution in [0, 0.1) is 0 Å². The number of fused-ring (bicyclic) bond motifs is 1. The molecule has 0 saturated carbocycles. The number of hydrogen-bond acceptors (Lipinski definition) is 7. The number of benzene rings is 2. The predicted octanol–water partition coefficient (Wildman–Crippen LogP) is 3.00. The van der Waals surface area contributed by atoms with Crippen LogP contribution in [0.1, 0.15) is 11.3 Å². The van der Waals surface area contributed by atoms with E-state index in [-0.39, 0.29) is 6.79 Å². The number of nitrogens with one attached hydrogen (secondary N) is 1. The summed E-state index contributed by atoms with van der Waals surface area (Å²) in [5, 5.41) is 3.11. The van der Waals surface area contributed by atoms with Gasteiger partial charge in [0.1, 0.15) is 5.75 Å². The van der Waals surface area contributed by atoms with Crippen molar-refractivity contribution in [2.45, 2.75) is 6.42 Å². The summed E-state index contributed by atoms with van der Waals surface area (Å²) in [4.78, 5) is 19.5. The van der Waals surface area contributed by atoms with Gasteiger partial charge in [0.2, 0.25) is 12.7 Å². The third-order valence-corrected chi connectivity index (χ3v) is 3.86. The van der Waals surface area contributed by atoms with Crippen LogP contribution in [-0.4, -0.2) is 22.9 Å². The molecule has 3 N–H and O–H groups in total. The number of primary amides is 1. The zero-order valence-corrected chi connectivity index (χ0v) is 14.2. The average Bonchev–Trinajstić information content (AvgIpc) is 3.11. The Labute approximate surface area is 154 Å². The third kappa shape index (κ3) is 4.06. The molecule has 136 valence electrons. The van der Waals surface area contributed by atoms with E-state index >= 15 is 0 Å². The lowest BCUT2D eigenvalue weighted by Crippen LogP contribution is -2.16. The van der Waals surface area contributed by atoms with Crippen molar-refractivity contribution in [3.8, 4) is 17.2 Å². The molecule has 0 saturated heterocycles. The van der Waals surface area contributed by atoms with Crippen LogP contribution in [0.5, 0.6) is 17.2 Å².